The molecule has 0 unspecified atom stereocenters. The molecule has 0 aliphatic carbocycles. The van der Waals surface area contributed by atoms with E-state index in [0.29, 0.717) is 6.42 Å². The normalized spacial score (nSPS) is 13.9. The highest BCUT2D eigenvalue weighted by atomic mass is 16.6. The molecule has 0 spiro atoms. The zero-order valence-corrected chi connectivity index (χ0v) is 5.13. The van der Waals surface area contributed by atoms with Gasteiger partial charge < -0.3 is 9.94 Å². The summed E-state index contributed by atoms with van der Waals surface area (Å²) < 4.78 is 0. The molecule has 0 aromatic heterocycles. The molecular formula is C5H13NO2. The maximum Gasteiger partial charge on any atom is 0.0806 e. The number of nitrogens with two attached hydrogens (primary N) is 1. The fraction of sp³-hybridized carbons (Fsp3) is 1.00. The number of aliphatic hydroxyl groups is 1. The van der Waals surface area contributed by atoms with Gasteiger partial charge in [-0.15, -0.1) is 0 Å². The van der Waals surface area contributed by atoms with E-state index >= 15 is 0 Å². The zero-order valence-electron chi connectivity index (χ0n) is 5.13. The zero-order chi connectivity index (χ0) is 6.41. The topological polar surface area (TPSA) is 55.5 Å². The summed E-state index contributed by atoms with van der Waals surface area (Å²) >= 11 is 0. The van der Waals surface area contributed by atoms with Gasteiger partial charge in [0.05, 0.1) is 6.10 Å². The predicted octanol–water partition coefficient (Wildman–Crippen LogP) is 0.0377. The average molecular weight is 119 g/mol. The lowest BCUT2D eigenvalue weighted by atomic mass is 10.2. The Balaban J connectivity index is 3.07. The molecular weight excluding hydrogens is 106 g/mol. The van der Waals surface area contributed by atoms with Crippen LogP contribution in [0, 0.1) is 0 Å². The standard InChI is InChI=1S/C5H13NO2/c1-2-5(8-6)3-4-7/h5,7H,2-4,6H2,1H3/t5-/m0/s1. The van der Waals surface area contributed by atoms with Gasteiger partial charge in [-0.25, -0.2) is 5.90 Å². The summed E-state index contributed by atoms with van der Waals surface area (Å²) in [4.78, 5) is 4.48. The fourth-order valence-corrected chi connectivity index (χ4v) is 0.512. The number of aliphatic hydroxyl groups excluding tert-OH is 1. The SMILES string of the molecule is CC[C@@H](CCO)ON. The van der Waals surface area contributed by atoms with Gasteiger partial charge in [0, 0.05) is 6.61 Å². The minimum absolute atomic E-state index is 0.0278. The van der Waals surface area contributed by atoms with E-state index in [0.717, 1.165) is 6.42 Å². The van der Waals surface area contributed by atoms with Crippen LogP contribution in [0.4, 0.5) is 0 Å². The third kappa shape index (κ3) is 2.96. The lowest BCUT2D eigenvalue weighted by Gasteiger charge is -2.08. The Morgan fingerprint density at radius 2 is 2.38 bits per heavy atom. The Hall–Kier alpha value is -0.120. The van der Waals surface area contributed by atoms with Crippen molar-refractivity contribution in [2.75, 3.05) is 6.61 Å². The second-order valence-electron chi connectivity index (χ2n) is 1.68. The molecule has 8 heavy (non-hydrogen) atoms. The first-order valence-electron chi connectivity index (χ1n) is 2.81. The van der Waals surface area contributed by atoms with Gasteiger partial charge in [-0.3, -0.25) is 0 Å². The molecule has 0 radical (unpaired) electrons. The van der Waals surface area contributed by atoms with E-state index in [-0.39, 0.29) is 12.7 Å². The largest absolute Gasteiger partial charge is 0.396 e. The van der Waals surface area contributed by atoms with Crippen LogP contribution in [0.15, 0.2) is 0 Å². The van der Waals surface area contributed by atoms with Gasteiger partial charge in [0.1, 0.15) is 0 Å². The van der Waals surface area contributed by atoms with Crippen molar-refractivity contribution in [2.24, 2.45) is 5.90 Å². The summed E-state index contributed by atoms with van der Waals surface area (Å²) in [5, 5.41) is 8.36. The maximum absolute atomic E-state index is 8.36. The van der Waals surface area contributed by atoms with Gasteiger partial charge in [-0.2, -0.15) is 0 Å². The van der Waals surface area contributed by atoms with Crippen LogP contribution in [-0.2, 0) is 4.84 Å². The van der Waals surface area contributed by atoms with Crippen molar-refractivity contribution in [3.8, 4) is 0 Å². The van der Waals surface area contributed by atoms with Crippen molar-refractivity contribution in [3.63, 3.8) is 0 Å². The van der Waals surface area contributed by atoms with Crippen molar-refractivity contribution in [1.82, 2.24) is 0 Å². The lowest BCUT2D eigenvalue weighted by molar-refractivity contribution is 0.0330. The number of hydrogen-bond acceptors (Lipinski definition) is 3. The Morgan fingerprint density at radius 1 is 1.75 bits per heavy atom. The molecule has 0 saturated carbocycles. The average Bonchev–Trinajstić information content (AvgIpc) is 1.83. The molecule has 50 valence electrons. The van der Waals surface area contributed by atoms with Gasteiger partial charge in [-0.05, 0) is 12.8 Å². The van der Waals surface area contributed by atoms with Gasteiger partial charge >= 0.3 is 0 Å². The molecule has 3 N–H and O–H groups in total. The van der Waals surface area contributed by atoms with E-state index in [1.54, 1.807) is 0 Å². The quantitative estimate of drug-likeness (QED) is 0.514. The number of hydrogen-bond donors (Lipinski definition) is 2. The molecule has 0 rings (SSSR count). The summed E-state index contributed by atoms with van der Waals surface area (Å²) in [6.45, 7) is 2.11. The second kappa shape index (κ2) is 5.03. The Kier molecular flexibility index (Phi) is 4.95. The molecule has 0 amide bonds. The van der Waals surface area contributed by atoms with Crippen LogP contribution in [0.2, 0.25) is 0 Å². The highest BCUT2D eigenvalue weighted by molar-refractivity contribution is 4.50. The summed E-state index contributed by atoms with van der Waals surface area (Å²) in [6, 6.07) is 0. The van der Waals surface area contributed by atoms with Crippen LogP contribution in [0.1, 0.15) is 19.8 Å². The van der Waals surface area contributed by atoms with Crippen LogP contribution < -0.4 is 5.90 Å². The molecule has 0 aromatic carbocycles. The molecule has 3 heteroatoms. The third-order valence-electron chi connectivity index (χ3n) is 1.10. The highest BCUT2D eigenvalue weighted by Crippen LogP contribution is 1.97. The Morgan fingerprint density at radius 3 is 2.50 bits per heavy atom. The molecule has 0 aliphatic heterocycles. The first-order valence-corrected chi connectivity index (χ1v) is 2.81. The molecule has 0 aromatic rings. The van der Waals surface area contributed by atoms with Crippen LogP contribution in [0.3, 0.4) is 0 Å². The minimum Gasteiger partial charge on any atom is -0.396 e. The van der Waals surface area contributed by atoms with Crippen molar-refractivity contribution in [1.29, 1.82) is 0 Å². The van der Waals surface area contributed by atoms with Crippen LogP contribution >= 0.6 is 0 Å². The van der Waals surface area contributed by atoms with Crippen molar-refractivity contribution in [3.05, 3.63) is 0 Å². The van der Waals surface area contributed by atoms with E-state index < -0.39 is 0 Å². The molecule has 0 saturated heterocycles. The molecule has 3 nitrogen and oxygen atoms in total. The third-order valence-corrected chi connectivity index (χ3v) is 1.10. The van der Waals surface area contributed by atoms with E-state index in [1.807, 2.05) is 6.92 Å². The van der Waals surface area contributed by atoms with Gasteiger partial charge in [0.15, 0.2) is 0 Å². The second-order valence-corrected chi connectivity index (χ2v) is 1.68. The van der Waals surface area contributed by atoms with Crippen LogP contribution in [-0.4, -0.2) is 17.8 Å². The van der Waals surface area contributed by atoms with E-state index in [9.17, 15) is 0 Å². The first-order chi connectivity index (χ1) is 3.85. The summed E-state index contributed by atoms with van der Waals surface area (Å²) in [6.07, 6.45) is 1.52. The minimum atomic E-state index is 0.0278. The summed E-state index contributed by atoms with van der Waals surface area (Å²) in [7, 11) is 0. The Labute approximate surface area is 49.4 Å². The van der Waals surface area contributed by atoms with Crippen molar-refractivity contribution >= 4 is 0 Å². The molecule has 1 atom stereocenters. The van der Waals surface area contributed by atoms with Gasteiger partial charge in [-0.1, -0.05) is 6.92 Å². The summed E-state index contributed by atoms with van der Waals surface area (Å²) in [5.41, 5.74) is 0. The molecule has 0 fully saturated rings. The van der Waals surface area contributed by atoms with Gasteiger partial charge in [0.25, 0.3) is 0 Å². The summed E-state index contributed by atoms with van der Waals surface area (Å²) in [5.74, 6) is 4.86. The van der Waals surface area contributed by atoms with E-state index in [1.165, 1.54) is 0 Å². The van der Waals surface area contributed by atoms with Crippen LogP contribution in [0.25, 0.3) is 0 Å². The fourth-order valence-electron chi connectivity index (χ4n) is 0.512. The van der Waals surface area contributed by atoms with Crippen molar-refractivity contribution < 1.29 is 9.94 Å². The van der Waals surface area contributed by atoms with E-state index in [2.05, 4.69) is 4.84 Å². The predicted molar refractivity (Wildman–Crippen MR) is 31.1 cm³/mol. The van der Waals surface area contributed by atoms with Gasteiger partial charge in [0.2, 0.25) is 0 Å². The lowest BCUT2D eigenvalue weighted by Crippen LogP contribution is -2.17. The van der Waals surface area contributed by atoms with Crippen molar-refractivity contribution in [2.45, 2.75) is 25.9 Å². The first kappa shape index (κ1) is 7.88. The monoisotopic (exact) mass is 119 g/mol. The number of rotatable bonds is 4. The smallest absolute Gasteiger partial charge is 0.0806 e. The molecule has 0 aliphatic rings. The Bertz CT molecular complexity index is 45.7. The molecule has 0 bridgehead atoms. The maximum atomic E-state index is 8.36. The highest BCUT2D eigenvalue weighted by Gasteiger charge is 2.01. The van der Waals surface area contributed by atoms with E-state index in [4.69, 9.17) is 11.0 Å². The van der Waals surface area contributed by atoms with Crippen LogP contribution in [0.5, 0.6) is 0 Å². The molecule has 0 heterocycles.